The van der Waals surface area contributed by atoms with Crippen molar-refractivity contribution in [2.24, 2.45) is 4.99 Å². The Morgan fingerprint density at radius 1 is 1.05 bits per heavy atom. The Labute approximate surface area is 256 Å². The van der Waals surface area contributed by atoms with E-state index in [9.17, 15) is 9.59 Å². The number of methoxy groups -OCH3 is 1. The number of carbonyl (C=O) groups excluding carboxylic acids is 1. The Bertz CT molecular complexity index is 2040. The van der Waals surface area contributed by atoms with Crippen LogP contribution >= 0.6 is 22.9 Å². The molecule has 0 saturated carbocycles. The maximum absolute atomic E-state index is 14.2. The van der Waals surface area contributed by atoms with Crippen molar-refractivity contribution in [3.05, 3.63) is 132 Å². The zero-order valence-electron chi connectivity index (χ0n) is 23.7. The van der Waals surface area contributed by atoms with Crippen LogP contribution in [0.2, 0.25) is 5.02 Å². The van der Waals surface area contributed by atoms with E-state index in [1.54, 1.807) is 37.8 Å². The molecule has 3 aromatic carbocycles. The van der Waals surface area contributed by atoms with Crippen molar-refractivity contribution >= 4 is 35.0 Å². The minimum atomic E-state index is -0.792. The predicted octanol–water partition coefficient (Wildman–Crippen LogP) is 5.31. The van der Waals surface area contributed by atoms with E-state index in [0.29, 0.717) is 31.3 Å². The van der Waals surface area contributed by atoms with Crippen molar-refractivity contribution in [1.82, 2.24) is 14.3 Å². The van der Waals surface area contributed by atoms with Gasteiger partial charge in [-0.3, -0.25) is 9.36 Å². The molecule has 1 atom stereocenters. The van der Waals surface area contributed by atoms with Crippen LogP contribution < -0.4 is 19.6 Å². The molecule has 5 aromatic rings. The smallest absolute Gasteiger partial charge is 0.338 e. The van der Waals surface area contributed by atoms with Crippen molar-refractivity contribution in [2.45, 2.75) is 19.9 Å². The number of halogens is 1. The number of aromatic nitrogens is 3. The molecule has 216 valence electrons. The van der Waals surface area contributed by atoms with Gasteiger partial charge in [0.15, 0.2) is 4.80 Å². The molecule has 43 heavy (non-hydrogen) atoms. The molecule has 0 N–H and O–H groups in total. The van der Waals surface area contributed by atoms with E-state index >= 15 is 0 Å². The Morgan fingerprint density at radius 2 is 1.77 bits per heavy atom. The number of allylic oxidation sites excluding steroid dienone is 1. The van der Waals surface area contributed by atoms with E-state index in [4.69, 9.17) is 26.2 Å². The zero-order chi connectivity index (χ0) is 30.1. The molecule has 0 unspecified atom stereocenters. The fraction of sp³-hybridized carbons (Fsp3) is 0.152. The molecule has 0 aliphatic carbocycles. The van der Waals surface area contributed by atoms with E-state index in [-0.39, 0.29) is 17.7 Å². The molecular weight excluding hydrogens is 584 g/mol. The number of fused-ring (bicyclic) bond motifs is 1. The second-order valence-electron chi connectivity index (χ2n) is 9.77. The number of para-hydroxylation sites is 1. The van der Waals surface area contributed by atoms with Crippen LogP contribution in [0.1, 0.15) is 31.0 Å². The summed E-state index contributed by atoms with van der Waals surface area (Å²) >= 11 is 7.88. The Kier molecular flexibility index (Phi) is 7.84. The van der Waals surface area contributed by atoms with Gasteiger partial charge in [0.2, 0.25) is 0 Å². The summed E-state index contributed by atoms with van der Waals surface area (Å²) in [6.45, 7) is 3.68. The van der Waals surface area contributed by atoms with Crippen LogP contribution in [0.25, 0.3) is 23.0 Å². The van der Waals surface area contributed by atoms with Crippen LogP contribution in [-0.2, 0) is 9.53 Å². The Hall–Kier alpha value is -4.73. The molecule has 0 saturated heterocycles. The first-order valence-electron chi connectivity index (χ1n) is 13.6. The fourth-order valence-corrected chi connectivity index (χ4v) is 6.38. The Balaban J connectivity index is 1.56. The molecule has 6 rings (SSSR count). The normalized spacial score (nSPS) is 14.8. The summed E-state index contributed by atoms with van der Waals surface area (Å²) in [6.07, 6.45) is 3.72. The van der Waals surface area contributed by atoms with Gasteiger partial charge < -0.3 is 9.47 Å². The summed E-state index contributed by atoms with van der Waals surface area (Å²) in [7, 11) is 1.62. The average Bonchev–Trinajstić information content (AvgIpc) is 3.58. The topological polar surface area (TPSA) is 87.7 Å². The number of rotatable bonds is 7. The second kappa shape index (κ2) is 11.9. The fourth-order valence-electron chi connectivity index (χ4n) is 5.10. The van der Waals surface area contributed by atoms with Crippen LogP contribution in [-0.4, -0.2) is 34.0 Å². The van der Waals surface area contributed by atoms with Crippen molar-refractivity contribution in [3.63, 3.8) is 0 Å². The summed E-state index contributed by atoms with van der Waals surface area (Å²) in [6, 6.07) is 23.8. The number of hydrogen-bond acceptors (Lipinski definition) is 7. The van der Waals surface area contributed by atoms with E-state index in [0.717, 1.165) is 22.6 Å². The number of esters is 1. The monoisotopic (exact) mass is 610 g/mol. The molecule has 0 fully saturated rings. The highest BCUT2D eigenvalue weighted by atomic mass is 35.5. The molecule has 8 nitrogen and oxygen atoms in total. The van der Waals surface area contributed by atoms with Gasteiger partial charge >= 0.3 is 5.97 Å². The van der Waals surface area contributed by atoms with Gasteiger partial charge in [-0.25, -0.2) is 14.5 Å². The standard InChI is InChI=1S/C33H27ClN4O4S/c1-4-42-32(40)28-20(2)35-33-38(30(28)25-12-8-9-13-26(25)34)31(39)27(43-33)18-22-19-37(23-10-6-5-7-11-23)36-29(22)21-14-16-24(41-3)17-15-21/h5-19,30H,4H2,1-3H3/b27-18+/t30-/m0/s1. The number of hydrogen-bond donors (Lipinski definition) is 0. The lowest BCUT2D eigenvalue weighted by Crippen LogP contribution is -2.40. The van der Waals surface area contributed by atoms with Gasteiger partial charge in [0.05, 0.1) is 35.2 Å². The van der Waals surface area contributed by atoms with Crippen molar-refractivity contribution in [2.75, 3.05) is 13.7 Å². The summed E-state index contributed by atoms with van der Waals surface area (Å²) in [4.78, 5) is 32.5. The first kappa shape index (κ1) is 28.4. The minimum Gasteiger partial charge on any atom is -0.497 e. The lowest BCUT2D eigenvalue weighted by Gasteiger charge is -2.25. The largest absolute Gasteiger partial charge is 0.497 e. The maximum Gasteiger partial charge on any atom is 0.338 e. The van der Waals surface area contributed by atoms with Crippen LogP contribution in [0.4, 0.5) is 0 Å². The van der Waals surface area contributed by atoms with Crippen LogP contribution in [0.3, 0.4) is 0 Å². The van der Waals surface area contributed by atoms with Crippen LogP contribution in [0.5, 0.6) is 5.75 Å². The molecule has 1 aliphatic rings. The summed E-state index contributed by atoms with van der Waals surface area (Å²) in [5.74, 6) is 0.197. The molecule has 0 spiro atoms. The molecule has 2 aromatic heterocycles. The lowest BCUT2D eigenvalue weighted by molar-refractivity contribution is -0.139. The number of carbonyl (C=O) groups is 1. The predicted molar refractivity (Wildman–Crippen MR) is 167 cm³/mol. The van der Waals surface area contributed by atoms with Crippen molar-refractivity contribution in [1.29, 1.82) is 0 Å². The molecule has 3 heterocycles. The van der Waals surface area contributed by atoms with Gasteiger partial charge in [0, 0.05) is 22.3 Å². The van der Waals surface area contributed by atoms with Gasteiger partial charge in [-0.15, -0.1) is 0 Å². The van der Waals surface area contributed by atoms with E-state index in [1.807, 2.05) is 79.0 Å². The third-order valence-electron chi connectivity index (χ3n) is 7.13. The van der Waals surface area contributed by atoms with E-state index in [2.05, 4.69) is 4.99 Å². The molecule has 0 amide bonds. The maximum atomic E-state index is 14.2. The molecule has 0 radical (unpaired) electrons. The third-order valence-corrected chi connectivity index (χ3v) is 8.46. The van der Waals surface area contributed by atoms with Gasteiger partial charge in [0.25, 0.3) is 5.56 Å². The quantitative estimate of drug-likeness (QED) is 0.233. The number of benzene rings is 3. The number of ether oxygens (including phenoxy) is 2. The highest BCUT2D eigenvalue weighted by Gasteiger charge is 2.34. The molecule has 0 bridgehead atoms. The number of nitrogens with zero attached hydrogens (tertiary/aromatic N) is 4. The first-order chi connectivity index (χ1) is 20.9. The van der Waals surface area contributed by atoms with Gasteiger partial charge in [-0.05, 0) is 68.0 Å². The highest BCUT2D eigenvalue weighted by Crippen LogP contribution is 2.34. The molecule has 10 heteroatoms. The minimum absolute atomic E-state index is 0.189. The summed E-state index contributed by atoms with van der Waals surface area (Å²) in [5.41, 5.74) is 4.27. The van der Waals surface area contributed by atoms with Crippen LogP contribution in [0.15, 0.2) is 106 Å². The van der Waals surface area contributed by atoms with Crippen LogP contribution in [0, 0.1) is 0 Å². The van der Waals surface area contributed by atoms with E-state index < -0.39 is 12.0 Å². The third kappa shape index (κ3) is 5.33. The SMILES string of the molecule is CCOC(=O)C1=C(C)N=c2s/c(=C/c3cn(-c4ccccc4)nc3-c3ccc(OC)cc3)c(=O)n2[C@H]1c1ccccc1Cl. The van der Waals surface area contributed by atoms with E-state index in [1.165, 1.54) is 15.9 Å². The first-order valence-corrected chi connectivity index (χ1v) is 14.8. The number of thiazole rings is 1. The highest BCUT2D eigenvalue weighted by molar-refractivity contribution is 7.07. The van der Waals surface area contributed by atoms with Crippen molar-refractivity contribution < 1.29 is 14.3 Å². The summed E-state index contributed by atoms with van der Waals surface area (Å²) in [5, 5.41) is 5.32. The molecular formula is C33H27ClN4O4S. The molecule has 1 aliphatic heterocycles. The van der Waals surface area contributed by atoms with Gasteiger partial charge in [-0.2, -0.15) is 5.10 Å². The summed E-state index contributed by atoms with van der Waals surface area (Å²) < 4.78 is 14.5. The average molecular weight is 611 g/mol. The van der Waals surface area contributed by atoms with Gasteiger partial charge in [0.1, 0.15) is 17.5 Å². The Morgan fingerprint density at radius 3 is 2.47 bits per heavy atom. The van der Waals surface area contributed by atoms with Crippen molar-refractivity contribution in [3.8, 4) is 22.7 Å². The van der Waals surface area contributed by atoms with Gasteiger partial charge in [-0.1, -0.05) is 59.3 Å². The zero-order valence-corrected chi connectivity index (χ0v) is 25.2. The lowest BCUT2D eigenvalue weighted by atomic mass is 9.96. The second-order valence-corrected chi connectivity index (χ2v) is 11.2.